The zero-order valence-electron chi connectivity index (χ0n) is 16.6. The first kappa shape index (κ1) is 18.8. The van der Waals surface area contributed by atoms with Crippen LogP contribution in [-0.4, -0.2) is 42.4 Å². The number of hydrogen-bond donors (Lipinski definition) is 0. The lowest BCUT2D eigenvalue weighted by Crippen LogP contribution is -2.40. The number of nitrogens with zero attached hydrogens (tertiary/aromatic N) is 5. The summed E-state index contributed by atoms with van der Waals surface area (Å²) in [5, 5.41) is 5.89. The van der Waals surface area contributed by atoms with Crippen molar-refractivity contribution in [2.24, 2.45) is 0 Å². The van der Waals surface area contributed by atoms with Crippen molar-refractivity contribution in [3.8, 4) is 5.69 Å². The monoisotopic (exact) mass is 415 g/mol. The molecular weight excluding hydrogens is 394 g/mol. The van der Waals surface area contributed by atoms with Gasteiger partial charge in [0.05, 0.1) is 22.5 Å². The maximum atomic E-state index is 13.1. The highest BCUT2D eigenvalue weighted by Gasteiger charge is 2.26. The zero-order chi connectivity index (χ0) is 20.5. The molecule has 0 radical (unpaired) electrons. The van der Waals surface area contributed by atoms with Crippen molar-refractivity contribution in [2.75, 3.05) is 6.54 Å². The highest BCUT2D eigenvalue weighted by Crippen LogP contribution is 2.30. The molecule has 2 aromatic heterocycles. The van der Waals surface area contributed by atoms with Crippen molar-refractivity contribution in [1.82, 2.24) is 24.6 Å². The molecule has 1 aliphatic rings. The van der Waals surface area contributed by atoms with Crippen LogP contribution in [-0.2, 0) is 17.8 Å². The Morgan fingerprint density at radius 3 is 2.63 bits per heavy atom. The summed E-state index contributed by atoms with van der Waals surface area (Å²) in [4.78, 5) is 23.9. The predicted octanol–water partition coefficient (Wildman–Crippen LogP) is 3.88. The van der Waals surface area contributed by atoms with Crippen LogP contribution in [0.1, 0.15) is 18.1 Å². The van der Waals surface area contributed by atoms with Crippen LogP contribution in [0.15, 0.2) is 72.1 Å². The van der Waals surface area contributed by atoms with Crippen molar-refractivity contribution in [3.63, 3.8) is 0 Å². The Kier molecular flexibility index (Phi) is 4.96. The van der Waals surface area contributed by atoms with Crippen LogP contribution >= 0.6 is 11.8 Å². The molecule has 0 aliphatic carbocycles. The average molecular weight is 416 g/mol. The molecule has 6 nitrogen and oxygen atoms in total. The summed E-state index contributed by atoms with van der Waals surface area (Å²) < 4.78 is 1.80. The lowest BCUT2D eigenvalue weighted by molar-refractivity contribution is -0.131. The Labute approximate surface area is 179 Å². The largest absolute Gasteiger partial charge is 0.337 e. The first-order valence-electron chi connectivity index (χ1n) is 9.97. The normalized spacial score (nSPS) is 14.5. The molecule has 0 bridgehead atoms. The van der Waals surface area contributed by atoms with E-state index in [-0.39, 0.29) is 11.2 Å². The first-order chi connectivity index (χ1) is 14.7. The summed E-state index contributed by atoms with van der Waals surface area (Å²) in [5.41, 5.74) is 4.26. The van der Waals surface area contributed by atoms with Crippen LogP contribution in [0.5, 0.6) is 0 Å². The van der Waals surface area contributed by atoms with E-state index >= 15 is 0 Å². The SMILES string of the molecule is CC(Sc1ncnc2c1cnn2-c1ccccc1)C(=O)N1CCc2ccccc2C1. The second-order valence-electron chi connectivity index (χ2n) is 7.35. The zero-order valence-corrected chi connectivity index (χ0v) is 17.4. The third-order valence-corrected chi connectivity index (χ3v) is 6.51. The Morgan fingerprint density at radius 2 is 1.80 bits per heavy atom. The van der Waals surface area contributed by atoms with Gasteiger partial charge in [0.15, 0.2) is 5.65 Å². The van der Waals surface area contributed by atoms with E-state index in [2.05, 4.69) is 33.3 Å². The van der Waals surface area contributed by atoms with Gasteiger partial charge in [-0.2, -0.15) is 5.10 Å². The molecular formula is C23H21N5OS. The van der Waals surface area contributed by atoms with Crippen molar-refractivity contribution in [3.05, 3.63) is 78.2 Å². The van der Waals surface area contributed by atoms with Crippen LogP contribution < -0.4 is 0 Å². The number of carbonyl (C=O) groups is 1. The quantitative estimate of drug-likeness (QED) is 0.374. The van der Waals surface area contributed by atoms with Crippen molar-refractivity contribution in [2.45, 2.75) is 30.2 Å². The van der Waals surface area contributed by atoms with Gasteiger partial charge in [-0.15, -0.1) is 0 Å². The minimum Gasteiger partial charge on any atom is -0.337 e. The lowest BCUT2D eigenvalue weighted by atomic mass is 10.00. The molecule has 0 N–H and O–H groups in total. The van der Waals surface area contributed by atoms with Gasteiger partial charge < -0.3 is 4.90 Å². The Balaban J connectivity index is 1.37. The number of fused-ring (bicyclic) bond motifs is 2. The van der Waals surface area contributed by atoms with E-state index in [1.54, 1.807) is 17.2 Å². The maximum absolute atomic E-state index is 13.1. The van der Waals surface area contributed by atoms with Gasteiger partial charge in [-0.1, -0.05) is 54.2 Å². The van der Waals surface area contributed by atoms with Gasteiger partial charge in [-0.05, 0) is 36.6 Å². The minimum absolute atomic E-state index is 0.136. The smallest absolute Gasteiger partial charge is 0.236 e. The van der Waals surface area contributed by atoms with Gasteiger partial charge in [0.2, 0.25) is 5.91 Å². The summed E-state index contributed by atoms with van der Waals surface area (Å²) >= 11 is 1.47. The van der Waals surface area contributed by atoms with Crippen molar-refractivity contribution in [1.29, 1.82) is 0 Å². The molecule has 3 heterocycles. The standard InChI is InChI=1S/C23H21N5OS/c1-16(23(29)27-12-11-17-7-5-6-8-18(17)14-27)30-22-20-13-26-28(21(20)24-15-25-22)19-9-3-2-4-10-19/h2-10,13,15-16H,11-12,14H2,1H3. The van der Waals surface area contributed by atoms with E-state index in [0.29, 0.717) is 6.54 Å². The van der Waals surface area contributed by atoms with Crippen LogP contribution in [0.25, 0.3) is 16.7 Å². The molecule has 30 heavy (non-hydrogen) atoms. The van der Waals surface area contributed by atoms with E-state index in [1.165, 1.54) is 22.9 Å². The van der Waals surface area contributed by atoms with E-state index in [9.17, 15) is 4.79 Å². The van der Waals surface area contributed by atoms with Gasteiger partial charge in [0, 0.05) is 13.1 Å². The van der Waals surface area contributed by atoms with E-state index in [4.69, 9.17) is 0 Å². The third-order valence-electron chi connectivity index (χ3n) is 5.41. The Morgan fingerprint density at radius 1 is 1.03 bits per heavy atom. The lowest BCUT2D eigenvalue weighted by Gasteiger charge is -2.30. The predicted molar refractivity (Wildman–Crippen MR) is 118 cm³/mol. The van der Waals surface area contributed by atoms with E-state index in [1.807, 2.05) is 48.2 Å². The van der Waals surface area contributed by atoms with Crippen LogP contribution in [0, 0.1) is 0 Å². The van der Waals surface area contributed by atoms with E-state index < -0.39 is 0 Å². The highest BCUT2D eigenvalue weighted by atomic mass is 32.2. The van der Waals surface area contributed by atoms with Gasteiger partial charge in [-0.3, -0.25) is 4.79 Å². The van der Waals surface area contributed by atoms with Crippen molar-refractivity contribution >= 4 is 28.7 Å². The number of amides is 1. The first-order valence-corrected chi connectivity index (χ1v) is 10.8. The summed E-state index contributed by atoms with van der Waals surface area (Å²) in [5.74, 6) is 0.136. The Hall–Kier alpha value is -3.19. The van der Waals surface area contributed by atoms with Crippen molar-refractivity contribution < 1.29 is 4.79 Å². The van der Waals surface area contributed by atoms with Gasteiger partial charge in [-0.25, -0.2) is 14.6 Å². The number of thioether (sulfide) groups is 1. The minimum atomic E-state index is -0.242. The molecule has 0 saturated heterocycles. The maximum Gasteiger partial charge on any atom is 0.236 e. The Bertz CT molecular complexity index is 1210. The molecule has 1 unspecified atom stereocenters. The summed E-state index contributed by atoms with van der Waals surface area (Å²) in [6, 6.07) is 18.2. The number of carbonyl (C=O) groups excluding carboxylic acids is 1. The second-order valence-corrected chi connectivity index (χ2v) is 8.68. The summed E-state index contributed by atoms with van der Waals surface area (Å²) in [7, 11) is 0. The van der Waals surface area contributed by atoms with Gasteiger partial charge in [0.1, 0.15) is 11.4 Å². The molecule has 7 heteroatoms. The molecule has 0 spiro atoms. The van der Waals surface area contributed by atoms with Crippen LogP contribution in [0.3, 0.4) is 0 Å². The average Bonchev–Trinajstić information content (AvgIpc) is 3.24. The number of rotatable bonds is 4. The summed E-state index contributed by atoms with van der Waals surface area (Å²) in [6.45, 7) is 3.37. The molecule has 5 rings (SSSR count). The fourth-order valence-corrected chi connectivity index (χ4v) is 4.80. The van der Waals surface area contributed by atoms with Gasteiger partial charge in [0.25, 0.3) is 0 Å². The number of aromatic nitrogens is 4. The third kappa shape index (κ3) is 3.45. The number of para-hydroxylation sites is 1. The molecule has 1 aliphatic heterocycles. The molecule has 150 valence electrons. The molecule has 0 fully saturated rings. The summed E-state index contributed by atoms with van der Waals surface area (Å²) in [6.07, 6.45) is 4.22. The fraction of sp³-hybridized carbons (Fsp3) is 0.217. The molecule has 1 atom stereocenters. The second kappa shape index (κ2) is 7.91. The topological polar surface area (TPSA) is 63.9 Å². The molecule has 4 aromatic rings. The fourth-order valence-electron chi connectivity index (χ4n) is 3.83. The number of benzene rings is 2. The van der Waals surface area contributed by atoms with Gasteiger partial charge >= 0.3 is 0 Å². The van der Waals surface area contributed by atoms with E-state index in [0.717, 1.165) is 34.7 Å². The molecule has 2 aromatic carbocycles. The number of hydrogen-bond acceptors (Lipinski definition) is 5. The molecule has 1 amide bonds. The molecule has 0 saturated carbocycles. The van der Waals surface area contributed by atoms with Crippen LogP contribution in [0.4, 0.5) is 0 Å². The van der Waals surface area contributed by atoms with Crippen LogP contribution in [0.2, 0.25) is 0 Å². The highest BCUT2D eigenvalue weighted by molar-refractivity contribution is 8.00.